The van der Waals surface area contributed by atoms with E-state index in [4.69, 9.17) is 10.8 Å². The van der Waals surface area contributed by atoms with Crippen molar-refractivity contribution in [1.82, 2.24) is 4.57 Å². The zero-order chi connectivity index (χ0) is 16.6. The summed E-state index contributed by atoms with van der Waals surface area (Å²) in [6.45, 7) is 4.47. The van der Waals surface area contributed by atoms with Crippen molar-refractivity contribution in [3.63, 3.8) is 0 Å². The summed E-state index contributed by atoms with van der Waals surface area (Å²) >= 11 is 4.62. The largest absolute Gasteiger partial charge is 0.444 e. The zero-order valence-corrected chi connectivity index (χ0v) is 15.0. The Hall–Kier alpha value is -2.10. The molecule has 0 fully saturated rings. The highest BCUT2D eigenvalue weighted by Gasteiger charge is 2.12. The molecule has 2 aromatic heterocycles. The molecule has 23 heavy (non-hydrogen) atoms. The van der Waals surface area contributed by atoms with Gasteiger partial charge >= 0.3 is 5.91 Å². The fraction of sp³-hybridized carbons (Fsp3) is 0.176. The number of hydrogen-bond donors (Lipinski definition) is 0. The maximum Gasteiger partial charge on any atom is 0.315 e. The molecule has 0 saturated heterocycles. The molecular formula is C17H13BrN2O2S. The van der Waals surface area contributed by atoms with Crippen LogP contribution >= 0.6 is 27.3 Å². The van der Waals surface area contributed by atoms with Gasteiger partial charge in [-0.25, -0.2) is 0 Å². The number of carbonyl (C=O) groups excluding carboxylic acids is 1. The van der Waals surface area contributed by atoms with Gasteiger partial charge in [0, 0.05) is 0 Å². The van der Waals surface area contributed by atoms with Crippen LogP contribution in [0.5, 0.6) is 0 Å². The van der Waals surface area contributed by atoms with Crippen LogP contribution in [0.2, 0.25) is 0 Å². The monoisotopic (exact) mass is 388 g/mol. The molecule has 0 saturated carbocycles. The molecule has 4 nitrogen and oxygen atoms in total. The van der Waals surface area contributed by atoms with Gasteiger partial charge in [-0.05, 0) is 65.2 Å². The van der Waals surface area contributed by atoms with E-state index in [9.17, 15) is 4.79 Å². The van der Waals surface area contributed by atoms with E-state index in [-0.39, 0.29) is 5.76 Å². The highest BCUT2D eigenvalue weighted by atomic mass is 79.9. The lowest BCUT2D eigenvalue weighted by Crippen LogP contribution is -2.16. The SMILES string of the molecule is C#CCn1c(=NC(=O)c2ccc(Br)o2)sc2cc(C)c(C)cc21. The maximum atomic E-state index is 12.3. The van der Waals surface area contributed by atoms with Gasteiger partial charge in [-0.2, -0.15) is 4.99 Å². The number of aromatic nitrogens is 1. The Labute approximate surface area is 145 Å². The lowest BCUT2D eigenvalue weighted by Gasteiger charge is -2.03. The summed E-state index contributed by atoms with van der Waals surface area (Å²) in [7, 11) is 0. The van der Waals surface area contributed by atoms with Crippen molar-refractivity contribution in [3.8, 4) is 12.3 Å². The Balaban J connectivity index is 2.20. The van der Waals surface area contributed by atoms with Gasteiger partial charge in [0.25, 0.3) is 0 Å². The predicted molar refractivity (Wildman–Crippen MR) is 94.4 cm³/mol. The lowest BCUT2D eigenvalue weighted by atomic mass is 10.1. The number of rotatable bonds is 2. The molecule has 0 aliphatic heterocycles. The molecule has 1 aromatic carbocycles. The Morgan fingerprint density at radius 2 is 2.13 bits per heavy atom. The highest BCUT2D eigenvalue weighted by molar-refractivity contribution is 9.10. The Bertz CT molecular complexity index is 1020. The minimum absolute atomic E-state index is 0.189. The van der Waals surface area contributed by atoms with Crippen LogP contribution in [-0.4, -0.2) is 10.5 Å². The molecule has 0 atom stereocenters. The van der Waals surface area contributed by atoms with Gasteiger partial charge in [-0.15, -0.1) is 6.42 Å². The van der Waals surface area contributed by atoms with Crippen LogP contribution in [-0.2, 0) is 6.54 Å². The molecule has 3 rings (SSSR count). The smallest absolute Gasteiger partial charge is 0.315 e. The Morgan fingerprint density at radius 1 is 1.39 bits per heavy atom. The Kier molecular flexibility index (Phi) is 4.24. The lowest BCUT2D eigenvalue weighted by molar-refractivity contribution is 0.0970. The first kappa shape index (κ1) is 15.8. The summed E-state index contributed by atoms with van der Waals surface area (Å²) in [5.74, 6) is 2.38. The van der Waals surface area contributed by atoms with Crippen LogP contribution in [0.3, 0.4) is 0 Å². The molecular weight excluding hydrogens is 376 g/mol. The number of nitrogens with zero attached hydrogens (tertiary/aromatic N) is 2. The number of thiazole rings is 1. The molecule has 0 N–H and O–H groups in total. The molecule has 2 heterocycles. The van der Waals surface area contributed by atoms with E-state index in [1.54, 1.807) is 12.1 Å². The summed E-state index contributed by atoms with van der Waals surface area (Å²) in [6.07, 6.45) is 5.48. The van der Waals surface area contributed by atoms with E-state index < -0.39 is 5.91 Å². The van der Waals surface area contributed by atoms with Crippen molar-refractivity contribution >= 4 is 43.4 Å². The highest BCUT2D eigenvalue weighted by Crippen LogP contribution is 2.22. The van der Waals surface area contributed by atoms with Gasteiger partial charge in [-0.3, -0.25) is 4.79 Å². The number of carbonyl (C=O) groups is 1. The van der Waals surface area contributed by atoms with Gasteiger partial charge in [0.2, 0.25) is 0 Å². The number of fused-ring (bicyclic) bond motifs is 1. The first-order valence-corrected chi connectivity index (χ1v) is 8.49. The van der Waals surface area contributed by atoms with Crippen LogP contribution in [0.4, 0.5) is 0 Å². The van der Waals surface area contributed by atoms with E-state index in [1.807, 2.05) is 4.57 Å². The van der Waals surface area contributed by atoms with Crippen LogP contribution in [0.1, 0.15) is 21.7 Å². The number of hydrogen-bond acceptors (Lipinski definition) is 3. The molecule has 6 heteroatoms. The van der Waals surface area contributed by atoms with Crippen molar-refractivity contribution < 1.29 is 9.21 Å². The molecule has 0 aliphatic carbocycles. The normalized spacial score (nSPS) is 11.8. The number of aryl methyl sites for hydroxylation is 2. The topological polar surface area (TPSA) is 47.5 Å². The predicted octanol–water partition coefficient (Wildman–Crippen LogP) is 4.05. The molecule has 0 aliphatic rings. The molecule has 1 amide bonds. The third-order valence-electron chi connectivity index (χ3n) is 3.53. The van der Waals surface area contributed by atoms with Gasteiger partial charge in [0.15, 0.2) is 15.2 Å². The molecule has 0 bridgehead atoms. The van der Waals surface area contributed by atoms with E-state index >= 15 is 0 Å². The third-order valence-corrected chi connectivity index (χ3v) is 5.00. The van der Waals surface area contributed by atoms with E-state index in [2.05, 4.69) is 52.8 Å². The van der Waals surface area contributed by atoms with Gasteiger partial charge in [0.05, 0.1) is 16.8 Å². The second kappa shape index (κ2) is 6.19. The molecule has 116 valence electrons. The fourth-order valence-electron chi connectivity index (χ4n) is 2.22. The van der Waals surface area contributed by atoms with Crippen LogP contribution in [0, 0.1) is 26.2 Å². The van der Waals surface area contributed by atoms with Crippen LogP contribution in [0.15, 0.2) is 38.3 Å². The summed E-state index contributed by atoms with van der Waals surface area (Å²) in [6, 6.07) is 7.42. The maximum absolute atomic E-state index is 12.3. The van der Waals surface area contributed by atoms with E-state index in [1.165, 1.54) is 22.5 Å². The van der Waals surface area contributed by atoms with Crippen LogP contribution in [0.25, 0.3) is 10.2 Å². The summed E-state index contributed by atoms with van der Waals surface area (Å²) in [5.41, 5.74) is 3.36. The summed E-state index contributed by atoms with van der Waals surface area (Å²) < 4.78 is 8.68. The number of furan rings is 1. The second-order valence-corrected chi connectivity index (χ2v) is 6.89. The van der Waals surface area contributed by atoms with E-state index in [0.29, 0.717) is 16.0 Å². The minimum atomic E-state index is -0.429. The van der Waals surface area contributed by atoms with Crippen LogP contribution < -0.4 is 4.80 Å². The molecule has 0 radical (unpaired) electrons. The quantitative estimate of drug-likeness (QED) is 0.621. The van der Waals surface area contributed by atoms with E-state index in [0.717, 1.165) is 10.2 Å². The fourth-order valence-corrected chi connectivity index (χ4v) is 3.64. The number of amides is 1. The third kappa shape index (κ3) is 3.03. The molecule has 0 spiro atoms. The van der Waals surface area contributed by atoms with Crippen molar-refractivity contribution in [3.05, 3.63) is 50.6 Å². The summed E-state index contributed by atoms with van der Waals surface area (Å²) in [4.78, 5) is 17.0. The summed E-state index contributed by atoms with van der Waals surface area (Å²) in [5, 5.41) is 0. The average Bonchev–Trinajstić information content (AvgIpc) is 3.06. The number of benzene rings is 1. The number of terminal acetylenes is 1. The van der Waals surface area contributed by atoms with Gasteiger partial charge in [-0.1, -0.05) is 17.3 Å². The van der Waals surface area contributed by atoms with Crippen molar-refractivity contribution in [2.45, 2.75) is 20.4 Å². The standard InChI is InChI=1S/C17H13BrN2O2S/c1-4-7-20-12-8-10(2)11(3)9-14(12)23-17(20)19-16(21)13-5-6-15(18)22-13/h1,5-6,8-9H,7H2,2-3H3. The Morgan fingerprint density at radius 3 is 2.78 bits per heavy atom. The second-order valence-electron chi connectivity index (χ2n) is 5.10. The first-order valence-electron chi connectivity index (χ1n) is 6.88. The average molecular weight is 389 g/mol. The zero-order valence-electron chi connectivity index (χ0n) is 12.6. The molecule has 3 aromatic rings. The minimum Gasteiger partial charge on any atom is -0.444 e. The van der Waals surface area contributed by atoms with Crippen molar-refractivity contribution in [2.75, 3.05) is 0 Å². The van der Waals surface area contributed by atoms with Crippen molar-refractivity contribution in [1.29, 1.82) is 0 Å². The van der Waals surface area contributed by atoms with Gasteiger partial charge in [0.1, 0.15) is 0 Å². The van der Waals surface area contributed by atoms with Crippen molar-refractivity contribution in [2.24, 2.45) is 4.99 Å². The van der Waals surface area contributed by atoms with Gasteiger partial charge < -0.3 is 8.98 Å². The molecule has 0 unspecified atom stereocenters. The number of halogens is 1. The first-order chi connectivity index (χ1) is 11.0.